The van der Waals surface area contributed by atoms with Gasteiger partial charge in [-0.1, -0.05) is 18.6 Å². The third-order valence-corrected chi connectivity index (χ3v) is 3.34. The maximum absolute atomic E-state index is 9.82. The molecular weight excluding hydrogens is 228 g/mol. The van der Waals surface area contributed by atoms with Gasteiger partial charge < -0.3 is 14.6 Å². The minimum Gasteiger partial charge on any atom is -0.493 e. The summed E-state index contributed by atoms with van der Waals surface area (Å²) in [4.78, 5) is 0. The Morgan fingerprint density at radius 3 is 2.61 bits per heavy atom. The molecule has 1 aliphatic carbocycles. The van der Waals surface area contributed by atoms with Crippen molar-refractivity contribution in [3.63, 3.8) is 0 Å². The third kappa shape index (κ3) is 2.85. The molecule has 0 bridgehead atoms. The molecule has 0 spiro atoms. The molecule has 0 radical (unpaired) electrons. The van der Waals surface area contributed by atoms with Crippen molar-refractivity contribution in [2.45, 2.75) is 31.8 Å². The van der Waals surface area contributed by atoms with Gasteiger partial charge in [-0.15, -0.1) is 0 Å². The smallest absolute Gasteiger partial charge is 0.161 e. The zero-order valence-electron chi connectivity index (χ0n) is 11.0. The summed E-state index contributed by atoms with van der Waals surface area (Å²) in [5, 5.41) is 9.82. The second kappa shape index (κ2) is 5.91. The van der Waals surface area contributed by atoms with Crippen LogP contribution in [0.3, 0.4) is 0 Å². The molecule has 2 rings (SSSR count). The number of aliphatic hydroxyl groups is 1. The van der Waals surface area contributed by atoms with Crippen molar-refractivity contribution in [1.29, 1.82) is 0 Å². The number of rotatable bonds is 3. The summed E-state index contributed by atoms with van der Waals surface area (Å²) in [6.45, 7) is 0. The van der Waals surface area contributed by atoms with Crippen LogP contribution >= 0.6 is 0 Å². The Bertz CT molecular complexity index is 437. The molecule has 1 N–H and O–H groups in total. The van der Waals surface area contributed by atoms with E-state index in [1.165, 1.54) is 5.57 Å². The van der Waals surface area contributed by atoms with Crippen LogP contribution in [0.1, 0.15) is 31.2 Å². The maximum atomic E-state index is 9.82. The number of benzene rings is 1. The lowest BCUT2D eigenvalue weighted by Crippen LogP contribution is -2.00. The molecule has 0 aromatic heterocycles. The Kier molecular flexibility index (Phi) is 4.26. The van der Waals surface area contributed by atoms with Gasteiger partial charge in [0.25, 0.3) is 0 Å². The standard InChI is InChI=1S/C15H20O3/c1-17-14-8-7-12(10-15(14)18-2)11-5-3-4-6-13(16)9-11/h7-10,13,16H,3-6H2,1-2H3. The molecule has 3 nitrogen and oxygen atoms in total. The van der Waals surface area contributed by atoms with Crippen LogP contribution in [0, 0.1) is 0 Å². The zero-order chi connectivity index (χ0) is 13.0. The summed E-state index contributed by atoms with van der Waals surface area (Å²) >= 11 is 0. The fourth-order valence-corrected chi connectivity index (χ4v) is 2.34. The highest BCUT2D eigenvalue weighted by Gasteiger charge is 2.13. The number of allylic oxidation sites excluding steroid dienone is 1. The first-order valence-electron chi connectivity index (χ1n) is 6.35. The average molecular weight is 248 g/mol. The van der Waals surface area contributed by atoms with Crippen molar-refractivity contribution in [3.8, 4) is 11.5 Å². The van der Waals surface area contributed by atoms with Gasteiger partial charge in [0, 0.05) is 0 Å². The van der Waals surface area contributed by atoms with Gasteiger partial charge in [-0.2, -0.15) is 0 Å². The first kappa shape index (κ1) is 13.0. The van der Waals surface area contributed by atoms with Crippen molar-refractivity contribution in [2.24, 2.45) is 0 Å². The van der Waals surface area contributed by atoms with Crippen molar-refractivity contribution in [2.75, 3.05) is 14.2 Å². The van der Waals surface area contributed by atoms with Crippen molar-refractivity contribution < 1.29 is 14.6 Å². The molecule has 0 heterocycles. The topological polar surface area (TPSA) is 38.7 Å². The fourth-order valence-electron chi connectivity index (χ4n) is 2.34. The summed E-state index contributed by atoms with van der Waals surface area (Å²) in [5.74, 6) is 1.46. The second-order valence-electron chi connectivity index (χ2n) is 4.57. The van der Waals surface area contributed by atoms with Crippen LogP contribution < -0.4 is 9.47 Å². The quantitative estimate of drug-likeness (QED) is 0.893. The van der Waals surface area contributed by atoms with Gasteiger partial charge in [-0.3, -0.25) is 0 Å². The van der Waals surface area contributed by atoms with Crippen molar-refractivity contribution >= 4 is 5.57 Å². The third-order valence-electron chi connectivity index (χ3n) is 3.34. The molecule has 1 unspecified atom stereocenters. The van der Waals surface area contributed by atoms with E-state index in [2.05, 4.69) is 0 Å². The number of aliphatic hydroxyl groups excluding tert-OH is 1. The Morgan fingerprint density at radius 2 is 1.89 bits per heavy atom. The Labute approximate surface area is 108 Å². The highest BCUT2D eigenvalue weighted by molar-refractivity contribution is 5.68. The highest BCUT2D eigenvalue weighted by Crippen LogP contribution is 2.33. The zero-order valence-corrected chi connectivity index (χ0v) is 11.0. The van der Waals surface area contributed by atoms with Gasteiger partial charge in [0.2, 0.25) is 0 Å². The van der Waals surface area contributed by atoms with E-state index in [1.54, 1.807) is 14.2 Å². The summed E-state index contributed by atoms with van der Waals surface area (Å²) in [6, 6.07) is 5.90. The molecule has 0 amide bonds. The molecule has 3 heteroatoms. The number of hydrogen-bond acceptors (Lipinski definition) is 3. The minimum atomic E-state index is -0.324. The molecule has 18 heavy (non-hydrogen) atoms. The van der Waals surface area contributed by atoms with Crippen molar-refractivity contribution in [1.82, 2.24) is 0 Å². The van der Waals surface area contributed by atoms with Gasteiger partial charge in [-0.05, 0) is 42.5 Å². The largest absolute Gasteiger partial charge is 0.493 e. The maximum Gasteiger partial charge on any atom is 0.161 e. The lowest BCUT2D eigenvalue weighted by atomic mass is 10.0. The monoisotopic (exact) mass is 248 g/mol. The average Bonchev–Trinajstić information content (AvgIpc) is 2.62. The van der Waals surface area contributed by atoms with Gasteiger partial charge in [-0.25, -0.2) is 0 Å². The predicted octanol–water partition coefficient (Wildman–Crippen LogP) is 3.02. The molecule has 0 saturated carbocycles. The van der Waals surface area contributed by atoms with E-state index in [1.807, 2.05) is 24.3 Å². The Balaban J connectivity index is 2.32. The van der Waals surface area contributed by atoms with E-state index in [0.29, 0.717) is 0 Å². The van der Waals surface area contributed by atoms with Gasteiger partial charge in [0.15, 0.2) is 11.5 Å². The van der Waals surface area contributed by atoms with Crippen LogP contribution in [0.2, 0.25) is 0 Å². The number of hydrogen-bond donors (Lipinski definition) is 1. The summed E-state index contributed by atoms with van der Waals surface area (Å²) < 4.78 is 10.5. The van der Waals surface area contributed by atoms with Gasteiger partial charge >= 0.3 is 0 Å². The Morgan fingerprint density at radius 1 is 1.11 bits per heavy atom. The summed E-state index contributed by atoms with van der Waals surface area (Å²) in [7, 11) is 3.27. The second-order valence-corrected chi connectivity index (χ2v) is 4.57. The molecule has 98 valence electrons. The van der Waals surface area contributed by atoms with Crippen molar-refractivity contribution in [3.05, 3.63) is 29.8 Å². The van der Waals surface area contributed by atoms with Gasteiger partial charge in [0.1, 0.15) is 0 Å². The number of ether oxygens (including phenoxy) is 2. The summed E-state index contributed by atoms with van der Waals surface area (Å²) in [6.07, 6.45) is 5.71. The lowest BCUT2D eigenvalue weighted by molar-refractivity contribution is 0.211. The van der Waals surface area contributed by atoms with E-state index in [4.69, 9.17) is 9.47 Å². The molecule has 1 aromatic carbocycles. The van der Waals surface area contributed by atoms with E-state index in [9.17, 15) is 5.11 Å². The molecular formula is C15H20O3. The first-order valence-corrected chi connectivity index (χ1v) is 6.35. The number of methoxy groups -OCH3 is 2. The summed E-state index contributed by atoms with van der Waals surface area (Å²) in [5.41, 5.74) is 2.30. The highest BCUT2D eigenvalue weighted by atomic mass is 16.5. The molecule has 0 saturated heterocycles. The molecule has 1 aromatic rings. The van der Waals surface area contributed by atoms with E-state index in [0.717, 1.165) is 42.7 Å². The van der Waals surface area contributed by atoms with Crippen LogP contribution in [-0.2, 0) is 0 Å². The molecule has 0 aliphatic heterocycles. The predicted molar refractivity (Wildman–Crippen MR) is 72.0 cm³/mol. The fraction of sp³-hybridized carbons (Fsp3) is 0.467. The van der Waals surface area contributed by atoms with Crippen LogP contribution in [0.4, 0.5) is 0 Å². The van der Waals surface area contributed by atoms with Gasteiger partial charge in [0.05, 0.1) is 20.3 Å². The molecule has 1 atom stereocenters. The van der Waals surface area contributed by atoms with E-state index >= 15 is 0 Å². The molecule has 1 aliphatic rings. The van der Waals surface area contributed by atoms with Crippen LogP contribution in [0.25, 0.3) is 5.57 Å². The Hall–Kier alpha value is -1.48. The normalized spacial score (nSPS) is 19.9. The van der Waals surface area contributed by atoms with E-state index < -0.39 is 0 Å². The van der Waals surface area contributed by atoms with E-state index in [-0.39, 0.29) is 6.10 Å². The minimum absolute atomic E-state index is 0.324. The SMILES string of the molecule is COc1ccc(C2=CC(O)CCCC2)cc1OC. The van der Waals surface area contributed by atoms with Crippen LogP contribution in [0.5, 0.6) is 11.5 Å². The molecule has 0 fully saturated rings. The van der Waals surface area contributed by atoms with Crippen LogP contribution in [-0.4, -0.2) is 25.4 Å². The van der Waals surface area contributed by atoms with Crippen LogP contribution in [0.15, 0.2) is 24.3 Å². The lowest BCUT2D eigenvalue weighted by Gasteiger charge is -2.11. The first-order chi connectivity index (χ1) is 8.74.